The Morgan fingerprint density at radius 1 is 1.22 bits per heavy atom. The van der Waals surface area contributed by atoms with Crippen LogP contribution in [0.2, 0.25) is 0 Å². The number of nitrogens with zero attached hydrogens (tertiary/aromatic N) is 1. The normalized spacial score (nSPS) is 17.5. The first-order valence-corrected chi connectivity index (χ1v) is 7.84. The molecule has 1 aliphatic rings. The van der Waals surface area contributed by atoms with E-state index in [1.54, 1.807) is 17.2 Å². The second kappa shape index (κ2) is 7.13. The minimum atomic E-state index is -0.270. The summed E-state index contributed by atoms with van der Waals surface area (Å²) >= 11 is 0. The average Bonchev–Trinajstić information content (AvgIpc) is 3.19. The van der Waals surface area contributed by atoms with E-state index in [1.807, 2.05) is 36.4 Å². The number of carbonyl (C=O) groups is 2. The molecule has 1 atom stereocenters. The van der Waals surface area contributed by atoms with Gasteiger partial charge in [0.25, 0.3) is 0 Å². The Morgan fingerprint density at radius 3 is 2.78 bits per heavy atom. The topological polar surface area (TPSA) is 62.6 Å². The number of likely N-dealkylation sites (tertiary alicyclic amines) is 1. The van der Waals surface area contributed by atoms with Crippen LogP contribution < -0.4 is 5.32 Å². The summed E-state index contributed by atoms with van der Waals surface area (Å²) in [6.45, 7) is 1.47. The lowest BCUT2D eigenvalue weighted by Crippen LogP contribution is -2.34. The maximum absolute atomic E-state index is 12.2. The molecule has 2 aromatic rings. The van der Waals surface area contributed by atoms with Crippen molar-refractivity contribution >= 4 is 11.8 Å². The summed E-state index contributed by atoms with van der Waals surface area (Å²) in [4.78, 5) is 25.9. The third-order valence-electron chi connectivity index (χ3n) is 4.07. The summed E-state index contributed by atoms with van der Waals surface area (Å²) < 4.78 is 5.26. The Balaban J connectivity index is 1.46. The van der Waals surface area contributed by atoms with Crippen LogP contribution in [0.15, 0.2) is 53.1 Å². The van der Waals surface area contributed by atoms with Crippen molar-refractivity contribution in [3.05, 3.63) is 60.1 Å². The van der Waals surface area contributed by atoms with Crippen molar-refractivity contribution in [3.63, 3.8) is 0 Å². The van der Waals surface area contributed by atoms with Crippen LogP contribution in [0.5, 0.6) is 0 Å². The molecule has 1 aliphatic heterocycles. The minimum absolute atomic E-state index is 0.00427. The molecule has 5 heteroatoms. The summed E-state index contributed by atoms with van der Waals surface area (Å²) in [7, 11) is 0. The number of amides is 2. The minimum Gasteiger partial charge on any atom is -0.467 e. The molecule has 1 unspecified atom stereocenters. The van der Waals surface area contributed by atoms with E-state index in [0.29, 0.717) is 19.6 Å². The van der Waals surface area contributed by atoms with Crippen LogP contribution in [-0.4, -0.2) is 29.8 Å². The third kappa shape index (κ3) is 4.00. The van der Waals surface area contributed by atoms with Gasteiger partial charge in [0.05, 0.1) is 18.7 Å². The van der Waals surface area contributed by atoms with Crippen LogP contribution in [-0.2, 0) is 22.6 Å². The molecule has 23 heavy (non-hydrogen) atoms. The molecule has 1 fully saturated rings. The van der Waals surface area contributed by atoms with Crippen LogP contribution in [0.3, 0.4) is 0 Å². The zero-order valence-electron chi connectivity index (χ0n) is 12.9. The molecule has 1 N–H and O–H groups in total. The van der Waals surface area contributed by atoms with Gasteiger partial charge in [0.1, 0.15) is 5.76 Å². The molecule has 1 saturated heterocycles. The van der Waals surface area contributed by atoms with E-state index >= 15 is 0 Å². The molecule has 0 radical (unpaired) electrons. The van der Waals surface area contributed by atoms with Crippen LogP contribution in [0.4, 0.5) is 0 Å². The molecule has 0 saturated carbocycles. The number of benzene rings is 1. The molecule has 0 aliphatic carbocycles. The van der Waals surface area contributed by atoms with Gasteiger partial charge in [-0.1, -0.05) is 30.3 Å². The quantitative estimate of drug-likeness (QED) is 0.887. The van der Waals surface area contributed by atoms with Gasteiger partial charge >= 0.3 is 0 Å². The maximum Gasteiger partial charge on any atom is 0.225 e. The van der Waals surface area contributed by atoms with E-state index < -0.39 is 0 Å². The van der Waals surface area contributed by atoms with Gasteiger partial charge in [0, 0.05) is 19.5 Å². The second-order valence-electron chi connectivity index (χ2n) is 5.78. The molecule has 2 amide bonds. The Hall–Kier alpha value is -2.56. The Labute approximate surface area is 135 Å². The smallest absolute Gasteiger partial charge is 0.225 e. The van der Waals surface area contributed by atoms with E-state index in [4.69, 9.17) is 4.42 Å². The highest BCUT2D eigenvalue weighted by atomic mass is 16.3. The van der Waals surface area contributed by atoms with Gasteiger partial charge in [-0.25, -0.2) is 0 Å². The fraction of sp³-hybridized carbons (Fsp3) is 0.333. The number of hydrogen-bond donors (Lipinski definition) is 1. The van der Waals surface area contributed by atoms with Gasteiger partial charge < -0.3 is 14.6 Å². The lowest BCUT2D eigenvalue weighted by molar-refractivity contribution is -0.129. The van der Waals surface area contributed by atoms with Crippen molar-refractivity contribution in [1.29, 1.82) is 0 Å². The van der Waals surface area contributed by atoms with Gasteiger partial charge in [-0.15, -0.1) is 0 Å². The Morgan fingerprint density at radius 2 is 2.04 bits per heavy atom. The van der Waals surface area contributed by atoms with E-state index in [2.05, 4.69) is 5.32 Å². The summed E-state index contributed by atoms with van der Waals surface area (Å²) in [5.74, 6) is 0.428. The van der Waals surface area contributed by atoms with Crippen molar-refractivity contribution in [1.82, 2.24) is 10.2 Å². The second-order valence-corrected chi connectivity index (χ2v) is 5.78. The predicted octanol–water partition coefficient (Wildman–Crippen LogP) is 1.99. The predicted molar refractivity (Wildman–Crippen MR) is 85.4 cm³/mol. The largest absolute Gasteiger partial charge is 0.467 e. The van der Waals surface area contributed by atoms with Crippen LogP contribution in [0.25, 0.3) is 0 Å². The standard InChI is InChI=1S/C18H20N2O3/c21-17-11-15(12-20(17)13-16-7-4-10-23-16)18(22)19-9-8-14-5-2-1-3-6-14/h1-7,10,15H,8-9,11-13H2,(H,19,22). The van der Waals surface area contributed by atoms with Gasteiger partial charge in [0.2, 0.25) is 11.8 Å². The van der Waals surface area contributed by atoms with E-state index in [0.717, 1.165) is 12.2 Å². The summed E-state index contributed by atoms with van der Waals surface area (Å²) in [5, 5.41) is 2.93. The van der Waals surface area contributed by atoms with E-state index in [-0.39, 0.29) is 24.2 Å². The summed E-state index contributed by atoms with van der Waals surface area (Å²) in [6, 6.07) is 13.6. The fourth-order valence-electron chi connectivity index (χ4n) is 2.81. The van der Waals surface area contributed by atoms with E-state index in [9.17, 15) is 9.59 Å². The molecule has 120 valence electrons. The molecule has 0 spiro atoms. The van der Waals surface area contributed by atoms with Gasteiger partial charge in [-0.05, 0) is 24.1 Å². The molecular weight excluding hydrogens is 292 g/mol. The number of rotatable bonds is 6. The van der Waals surface area contributed by atoms with Crippen molar-refractivity contribution < 1.29 is 14.0 Å². The zero-order chi connectivity index (χ0) is 16.1. The maximum atomic E-state index is 12.2. The van der Waals surface area contributed by atoms with Gasteiger partial charge in [-0.3, -0.25) is 9.59 Å². The number of carbonyl (C=O) groups excluding carboxylic acids is 2. The SMILES string of the molecule is O=C(NCCc1ccccc1)C1CC(=O)N(Cc2ccco2)C1. The van der Waals surface area contributed by atoms with Crippen molar-refractivity contribution in [3.8, 4) is 0 Å². The van der Waals surface area contributed by atoms with Crippen LogP contribution >= 0.6 is 0 Å². The molecule has 2 heterocycles. The summed E-state index contributed by atoms with van der Waals surface area (Å²) in [6.07, 6.45) is 2.66. The third-order valence-corrected chi connectivity index (χ3v) is 4.07. The Bertz CT molecular complexity index is 652. The first kappa shape index (κ1) is 15.3. The van der Waals surface area contributed by atoms with Crippen molar-refractivity contribution in [2.24, 2.45) is 5.92 Å². The molecule has 5 nitrogen and oxygen atoms in total. The average molecular weight is 312 g/mol. The van der Waals surface area contributed by atoms with Crippen LogP contribution in [0.1, 0.15) is 17.7 Å². The van der Waals surface area contributed by atoms with Crippen molar-refractivity contribution in [2.75, 3.05) is 13.1 Å². The summed E-state index contributed by atoms with van der Waals surface area (Å²) in [5.41, 5.74) is 1.19. The monoisotopic (exact) mass is 312 g/mol. The first-order valence-electron chi connectivity index (χ1n) is 7.84. The number of nitrogens with one attached hydrogen (secondary N) is 1. The van der Waals surface area contributed by atoms with Gasteiger partial charge in [0.15, 0.2) is 0 Å². The molecule has 1 aromatic carbocycles. The molecule has 1 aromatic heterocycles. The van der Waals surface area contributed by atoms with Gasteiger partial charge in [-0.2, -0.15) is 0 Å². The fourth-order valence-corrected chi connectivity index (χ4v) is 2.81. The highest BCUT2D eigenvalue weighted by Crippen LogP contribution is 2.20. The highest BCUT2D eigenvalue weighted by Gasteiger charge is 2.34. The van der Waals surface area contributed by atoms with Crippen LogP contribution in [0, 0.1) is 5.92 Å². The molecule has 3 rings (SSSR count). The lowest BCUT2D eigenvalue weighted by Gasteiger charge is -2.15. The van der Waals surface area contributed by atoms with Crippen molar-refractivity contribution in [2.45, 2.75) is 19.4 Å². The highest BCUT2D eigenvalue weighted by molar-refractivity contribution is 5.89. The molecule has 0 bridgehead atoms. The Kier molecular flexibility index (Phi) is 4.76. The van der Waals surface area contributed by atoms with E-state index in [1.165, 1.54) is 5.56 Å². The zero-order valence-corrected chi connectivity index (χ0v) is 12.9. The number of furan rings is 1. The number of hydrogen-bond acceptors (Lipinski definition) is 3. The first-order chi connectivity index (χ1) is 11.2. The molecular formula is C18H20N2O3. The lowest BCUT2D eigenvalue weighted by atomic mass is 10.1.